The van der Waals surface area contributed by atoms with Crippen LogP contribution >= 0.6 is 0 Å². The van der Waals surface area contributed by atoms with Crippen molar-refractivity contribution >= 4 is 11.8 Å². The highest BCUT2D eigenvalue weighted by Gasteiger charge is 2.45. The van der Waals surface area contributed by atoms with Crippen LogP contribution in [0, 0.1) is 0 Å². The summed E-state index contributed by atoms with van der Waals surface area (Å²) in [5.74, 6) is -0.100. The maximum absolute atomic E-state index is 12.9. The molecule has 2 amide bonds. The number of carbonyl (C=O) groups excluding carboxylic acids is 2. The van der Waals surface area contributed by atoms with Crippen LogP contribution in [0.4, 0.5) is 0 Å². The van der Waals surface area contributed by atoms with Crippen LogP contribution in [0.5, 0.6) is 0 Å². The molecule has 7 heteroatoms. The molecule has 1 aromatic heterocycles. The van der Waals surface area contributed by atoms with Crippen LogP contribution < -0.4 is 0 Å². The van der Waals surface area contributed by atoms with Crippen LogP contribution in [0.2, 0.25) is 0 Å². The van der Waals surface area contributed by atoms with Gasteiger partial charge in [-0.25, -0.2) is 0 Å². The van der Waals surface area contributed by atoms with Crippen molar-refractivity contribution < 1.29 is 14.3 Å². The SMILES string of the molecule is CCc1ccc(-c2cc(C(=O)N3CCC4(CN(C)C(=O)CO4)C3)[nH]n2)cc1. The molecular formula is C20H24N4O3. The van der Waals surface area contributed by atoms with Gasteiger partial charge in [0.15, 0.2) is 0 Å². The Morgan fingerprint density at radius 2 is 2.07 bits per heavy atom. The molecule has 3 heterocycles. The molecule has 1 atom stereocenters. The second-order valence-corrected chi connectivity index (χ2v) is 7.42. The van der Waals surface area contributed by atoms with E-state index in [0.29, 0.717) is 25.3 Å². The second kappa shape index (κ2) is 6.81. The van der Waals surface area contributed by atoms with Crippen LogP contribution in [0.25, 0.3) is 11.3 Å². The van der Waals surface area contributed by atoms with Crippen LogP contribution in [-0.4, -0.2) is 70.7 Å². The number of aromatic amines is 1. The first-order valence-electron chi connectivity index (χ1n) is 9.31. The number of benzene rings is 1. The van der Waals surface area contributed by atoms with Crippen LogP contribution in [0.1, 0.15) is 29.4 Å². The predicted molar refractivity (Wildman–Crippen MR) is 100 cm³/mol. The third kappa shape index (κ3) is 3.35. The average Bonchev–Trinajstić information content (AvgIpc) is 3.33. The zero-order valence-electron chi connectivity index (χ0n) is 15.7. The number of morpholine rings is 1. The molecular weight excluding hydrogens is 344 g/mol. The van der Waals surface area contributed by atoms with Gasteiger partial charge in [0.2, 0.25) is 5.91 Å². The van der Waals surface area contributed by atoms with Gasteiger partial charge in [-0.15, -0.1) is 0 Å². The van der Waals surface area contributed by atoms with Gasteiger partial charge in [-0.3, -0.25) is 14.7 Å². The lowest BCUT2D eigenvalue weighted by Gasteiger charge is -2.38. The number of H-pyrrole nitrogens is 1. The van der Waals surface area contributed by atoms with E-state index in [1.807, 2.05) is 12.1 Å². The summed E-state index contributed by atoms with van der Waals surface area (Å²) in [6, 6.07) is 10.0. The Labute approximate surface area is 158 Å². The van der Waals surface area contributed by atoms with Crippen molar-refractivity contribution in [3.05, 3.63) is 41.6 Å². The molecule has 0 aliphatic carbocycles. The molecule has 4 rings (SSSR count). The minimum Gasteiger partial charge on any atom is -0.361 e. The zero-order chi connectivity index (χ0) is 19.0. The van der Waals surface area contributed by atoms with Crippen molar-refractivity contribution in [2.24, 2.45) is 0 Å². The number of aromatic nitrogens is 2. The fourth-order valence-corrected chi connectivity index (χ4v) is 3.82. The molecule has 1 unspecified atom stereocenters. The first-order chi connectivity index (χ1) is 13.0. The number of nitrogens with zero attached hydrogens (tertiary/aromatic N) is 3. The van der Waals surface area contributed by atoms with Gasteiger partial charge in [0.25, 0.3) is 5.91 Å². The maximum Gasteiger partial charge on any atom is 0.271 e. The summed E-state index contributed by atoms with van der Waals surface area (Å²) in [6.07, 6.45) is 1.72. The fourth-order valence-electron chi connectivity index (χ4n) is 3.82. The summed E-state index contributed by atoms with van der Waals surface area (Å²) in [7, 11) is 1.78. The van der Waals surface area contributed by atoms with E-state index in [1.54, 1.807) is 22.9 Å². The molecule has 0 bridgehead atoms. The van der Waals surface area contributed by atoms with Gasteiger partial charge in [0, 0.05) is 19.2 Å². The number of hydrogen-bond donors (Lipinski definition) is 1. The number of likely N-dealkylation sites (N-methyl/N-ethyl adjacent to an activating group) is 1. The molecule has 2 aliphatic rings. The van der Waals surface area contributed by atoms with Crippen LogP contribution in [0.3, 0.4) is 0 Å². The van der Waals surface area contributed by atoms with E-state index in [9.17, 15) is 9.59 Å². The first-order valence-corrected chi connectivity index (χ1v) is 9.31. The summed E-state index contributed by atoms with van der Waals surface area (Å²) in [5.41, 5.74) is 3.04. The van der Waals surface area contributed by atoms with Crippen molar-refractivity contribution in [1.29, 1.82) is 0 Å². The van der Waals surface area contributed by atoms with Crippen LogP contribution in [-0.2, 0) is 16.0 Å². The number of likely N-dealkylation sites (tertiary alicyclic amines) is 1. The van der Waals surface area contributed by atoms with E-state index < -0.39 is 5.60 Å². The van der Waals surface area contributed by atoms with Gasteiger partial charge in [-0.2, -0.15) is 5.10 Å². The molecule has 2 aromatic rings. The Balaban J connectivity index is 1.46. The Hall–Kier alpha value is -2.67. The summed E-state index contributed by atoms with van der Waals surface area (Å²) >= 11 is 0. The molecule has 1 spiro atoms. The smallest absolute Gasteiger partial charge is 0.271 e. The average molecular weight is 368 g/mol. The van der Waals surface area contributed by atoms with E-state index >= 15 is 0 Å². The highest BCUT2D eigenvalue weighted by molar-refractivity contribution is 5.93. The first kappa shape index (κ1) is 17.7. The molecule has 0 radical (unpaired) electrons. The Morgan fingerprint density at radius 3 is 2.78 bits per heavy atom. The Morgan fingerprint density at radius 1 is 1.30 bits per heavy atom. The summed E-state index contributed by atoms with van der Waals surface area (Å²) in [5, 5.41) is 7.17. The second-order valence-electron chi connectivity index (χ2n) is 7.42. The van der Waals surface area contributed by atoms with E-state index in [1.165, 1.54) is 5.56 Å². The summed E-state index contributed by atoms with van der Waals surface area (Å²) < 4.78 is 5.81. The largest absolute Gasteiger partial charge is 0.361 e. The van der Waals surface area contributed by atoms with Gasteiger partial charge >= 0.3 is 0 Å². The molecule has 1 aromatic carbocycles. The van der Waals surface area contributed by atoms with Crippen molar-refractivity contribution in [1.82, 2.24) is 20.0 Å². The number of aryl methyl sites for hydroxylation is 1. The molecule has 27 heavy (non-hydrogen) atoms. The van der Waals surface area contributed by atoms with Gasteiger partial charge in [-0.1, -0.05) is 31.2 Å². The molecule has 7 nitrogen and oxygen atoms in total. The number of ether oxygens (including phenoxy) is 1. The number of nitrogens with one attached hydrogen (secondary N) is 1. The molecule has 2 saturated heterocycles. The molecule has 142 valence electrons. The lowest BCUT2D eigenvalue weighted by Crippen LogP contribution is -2.54. The Kier molecular flexibility index (Phi) is 4.47. The topological polar surface area (TPSA) is 78.5 Å². The minimum atomic E-state index is -0.447. The van der Waals surface area contributed by atoms with Crippen molar-refractivity contribution in [2.75, 3.05) is 33.3 Å². The summed E-state index contributed by atoms with van der Waals surface area (Å²) in [6.45, 7) is 3.82. The zero-order valence-corrected chi connectivity index (χ0v) is 15.7. The number of rotatable bonds is 3. The van der Waals surface area contributed by atoms with Crippen molar-refractivity contribution in [3.63, 3.8) is 0 Å². The number of amides is 2. The molecule has 2 fully saturated rings. The normalized spacial score (nSPS) is 22.7. The Bertz CT molecular complexity index is 860. The quantitative estimate of drug-likeness (QED) is 0.895. The van der Waals surface area contributed by atoms with Gasteiger partial charge in [-0.05, 0) is 24.5 Å². The fraction of sp³-hybridized carbons (Fsp3) is 0.450. The molecule has 2 aliphatic heterocycles. The lowest BCUT2D eigenvalue weighted by atomic mass is 10.0. The third-order valence-electron chi connectivity index (χ3n) is 5.52. The number of hydrogen-bond acceptors (Lipinski definition) is 4. The highest BCUT2D eigenvalue weighted by Crippen LogP contribution is 2.30. The lowest BCUT2D eigenvalue weighted by molar-refractivity contribution is -0.158. The number of carbonyl (C=O) groups is 2. The van der Waals surface area contributed by atoms with E-state index in [2.05, 4.69) is 29.3 Å². The maximum atomic E-state index is 12.9. The molecule has 0 saturated carbocycles. The standard InChI is InChI=1S/C20H24N4O3/c1-3-14-4-6-15(7-5-14)16-10-17(22-21-16)19(26)24-9-8-20(13-24)12-23(2)18(25)11-27-20/h4-7,10H,3,8-9,11-13H2,1-2H3,(H,21,22). The highest BCUT2D eigenvalue weighted by atomic mass is 16.5. The monoisotopic (exact) mass is 368 g/mol. The molecule has 1 N–H and O–H groups in total. The van der Waals surface area contributed by atoms with Gasteiger partial charge < -0.3 is 14.5 Å². The van der Waals surface area contributed by atoms with Gasteiger partial charge in [0.05, 0.1) is 18.8 Å². The van der Waals surface area contributed by atoms with Crippen molar-refractivity contribution in [3.8, 4) is 11.3 Å². The van der Waals surface area contributed by atoms with E-state index in [-0.39, 0.29) is 18.4 Å². The minimum absolute atomic E-state index is 0.0160. The van der Waals surface area contributed by atoms with Crippen molar-refractivity contribution in [2.45, 2.75) is 25.4 Å². The van der Waals surface area contributed by atoms with E-state index in [0.717, 1.165) is 24.1 Å². The van der Waals surface area contributed by atoms with E-state index in [4.69, 9.17) is 4.74 Å². The predicted octanol–water partition coefficient (Wildman–Crippen LogP) is 1.71. The third-order valence-corrected chi connectivity index (χ3v) is 5.52. The van der Waals surface area contributed by atoms with Crippen LogP contribution in [0.15, 0.2) is 30.3 Å². The summed E-state index contributed by atoms with van der Waals surface area (Å²) in [4.78, 5) is 28.0. The van der Waals surface area contributed by atoms with Gasteiger partial charge in [0.1, 0.15) is 17.9 Å².